The molecular formula is C25H27NO. The molecule has 0 heterocycles. The number of nitrogens with one attached hydrogen (secondary N) is 1. The third-order valence-corrected chi connectivity index (χ3v) is 4.94. The highest BCUT2D eigenvalue weighted by molar-refractivity contribution is 5.84. The van der Waals surface area contributed by atoms with Crippen LogP contribution in [-0.2, 0) is 4.79 Å². The Morgan fingerprint density at radius 2 is 1.19 bits per heavy atom. The van der Waals surface area contributed by atoms with Crippen LogP contribution in [0.25, 0.3) is 0 Å². The van der Waals surface area contributed by atoms with E-state index in [-0.39, 0.29) is 23.8 Å². The molecule has 0 aromatic heterocycles. The van der Waals surface area contributed by atoms with Crippen molar-refractivity contribution in [2.75, 3.05) is 0 Å². The summed E-state index contributed by atoms with van der Waals surface area (Å²) in [6.07, 6.45) is 0. The normalized spacial score (nSPS) is 13.2. The van der Waals surface area contributed by atoms with Crippen molar-refractivity contribution in [3.8, 4) is 0 Å². The van der Waals surface area contributed by atoms with Crippen LogP contribution in [0.3, 0.4) is 0 Å². The zero-order chi connectivity index (χ0) is 19.2. The van der Waals surface area contributed by atoms with Crippen LogP contribution in [0, 0.1) is 12.8 Å². The lowest BCUT2D eigenvalue weighted by molar-refractivity contribution is -0.124. The Morgan fingerprint density at radius 3 is 1.70 bits per heavy atom. The second kappa shape index (κ2) is 8.68. The molecule has 3 aromatic carbocycles. The molecule has 0 aliphatic heterocycles. The molecule has 0 radical (unpaired) electrons. The van der Waals surface area contributed by atoms with Gasteiger partial charge in [-0.2, -0.15) is 0 Å². The molecule has 2 nitrogen and oxygen atoms in total. The molecule has 0 unspecified atom stereocenters. The molecule has 1 N–H and O–H groups in total. The first-order valence-electron chi connectivity index (χ1n) is 9.53. The van der Waals surface area contributed by atoms with E-state index in [1.165, 1.54) is 5.56 Å². The van der Waals surface area contributed by atoms with Gasteiger partial charge in [-0.3, -0.25) is 4.79 Å². The second-order valence-electron chi connectivity index (χ2n) is 7.40. The van der Waals surface area contributed by atoms with Gasteiger partial charge in [0, 0.05) is 0 Å². The Hall–Kier alpha value is -2.87. The van der Waals surface area contributed by atoms with Gasteiger partial charge in [-0.05, 0) is 29.5 Å². The highest BCUT2D eigenvalue weighted by Gasteiger charge is 2.27. The molecule has 0 aliphatic rings. The molecule has 27 heavy (non-hydrogen) atoms. The predicted molar refractivity (Wildman–Crippen MR) is 112 cm³/mol. The SMILES string of the molecule is Cc1ccc([C@@H](NC(=O)[C@@H](c2ccccc2)C(C)C)c2ccccc2)cc1. The lowest BCUT2D eigenvalue weighted by Crippen LogP contribution is -2.35. The van der Waals surface area contributed by atoms with E-state index in [1.807, 2.05) is 48.5 Å². The monoisotopic (exact) mass is 357 g/mol. The van der Waals surface area contributed by atoms with Crippen LogP contribution in [-0.4, -0.2) is 5.91 Å². The van der Waals surface area contributed by atoms with Crippen molar-refractivity contribution in [2.45, 2.75) is 32.7 Å². The van der Waals surface area contributed by atoms with Crippen LogP contribution in [0.1, 0.15) is 48.1 Å². The summed E-state index contributed by atoms with van der Waals surface area (Å²) < 4.78 is 0. The fraction of sp³-hybridized carbons (Fsp3) is 0.240. The molecule has 0 saturated heterocycles. The van der Waals surface area contributed by atoms with Gasteiger partial charge in [0.25, 0.3) is 0 Å². The summed E-state index contributed by atoms with van der Waals surface area (Å²) in [5, 5.41) is 3.31. The van der Waals surface area contributed by atoms with Gasteiger partial charge in [0.1, 0.15) is 0 Å². The van der Waals surface area contributed by atoms with E-state index in [2.05, 4.69) is 62.5 Å². The van der Waals surface area contributed by atoms with Crippen LogP contribution in [0.4, 0.5) is 0 Å². The summed E-state index contributed by atoms with van der Waals surface area (Å²) >= 11 is 0. The Balaban J connectivity index is 1.93. The van der Waals surface area contributed by atoms with Crippen molar-refractivity contribution < 1.29 is 4.79 Å². The number of carbonyl (C=O) groups excluding carboxylic acids is 1. The summed E-state index contributed by atoms with van der Waals surface area (Å²) in [6, 6.07) is 28.4. The molecule has 0 bridgehead atoms. The quantitative estimate of drug-likeness (QED) is 0.608. The summed E-state index contributed by atoms with van der Waals surface area (Å²) in [4.78, 5) is 13.3. The average Bonchev–Trinajstić information content (AvgIpc) is 2.68. The number of hydrogen-bond donors (Lipinski definition) is 1. The van der Waals surface area contributed by atoms with Crippen LogP contribution >= 0.6 is 0 Å². The van der Waals surface area contributed by atoms with Crippen molar-refractivity contribution in [3.63, 3.8) is 0 Å². The number of rotatable bonds is 6. The highest BCUT2D eigenvalue weighted by atomic mass is 16.2. The summed E-state index contributed by atoms with van der Waals surface area (Å²) in [6.45, 7) is 6.27. The van der Waals surface area contributed by atoms with Gasteiger partial charge >= 0.3 is 0 Å². The minimum absolute atomic E-state index is 0.0608. The van der Waals surface area contributed by atoms with Gasteiger partial charge in [0.15, 0.2) is 0 Å². The van der Waals surface area contributed by atoms with Gasteiger partial charge in [0.2, 0.25) is 5.91 Å². The molecule has 0 spiro atoms. The molecule has 0 aliphatic carbocycles. The van der Waals surface area contributed by atoms with Crippen molar-refractivity contribution >= 4 is 5.91 Å². The van der Waals surface area contributed by atoms with Crippen LogP contribution < -0.4 is 5.32 Å². The number of benzene rings is 3. The van der Waals surface area contributed by atoms with Crippen LogP contribution in [0.15, 0.2) is 84.9 Å². The summed E-state index contributed by atoms with van der Waals surface area (Å²) in [7, 11) is 0. The standard InChI is InChI=1S/C25H27NO/c1-18(2)23(20-10-6-4-7-11-20)25(27)26-24(21-12-8-5-9-13-21)22-16-14-19(3)15-17-22/h4-18,23-24H,1-3H3,(H,26,27)/t23-,24+/m1/s1. The third-order valence-electron chi connectivity index (χ3n) is 4.94. The maximum Gasteiger partial charge on any atom is 0.228 e. The second-order valence-corrected chi connectivity index (χ2v) is 7.40. The maximum absolute atomic E-state index is 13.3. The Labute approximate surface area is 162 Å². The fourth-order valence-corrected chi connectivity index (χ4v) is 3.49. The molecule has 138 valence electrons. The molecular weight excluding hydrogens is 330 g/mol. The lowest BCUT2D eigenvalue weighted by Gasteiger charge is -2.26. The number of hydrogen-bond acceptors (Lipinski definition) is 1. The predicted octanol–water partition coefficient (Wildman–Crippen LogP) is 5.64. The van der Waals surface area contributed by atoms with Crippen molar-refractivity contribution in [1.29, 1.82) is 0 Å². The molecule has 3 rings (SSSR count). The first-order valence-corrected chi connectivity index (χ1v) is 9.53. The van der Waals surface area contributed by atoms with Crippen LogP contribution in [0.5, 0.6) is 0 Å². The van der Waals surface area contributed by atoms with Gasteiger partial charge in [-0.1, -0.05) is 104 Å². The smallest absolute Gasteiger partial charge is 0.228 e. The molecule has 3 aromatic rings. The van der Waals surface area contributed by atoms with E-state index in [4.69, 9.17) is 0 Å². The summed E-state index contributed by atoms with van der Waals surface area (Å²) in [5.74, 6) is 0.0929. The first kappa shape index (κ1) is 18.9. The van der Waals surface area contributed by atoms with E-state index in [0.717, 1.165) is 16.7 Å². The number of aryl methyl sites for hydroxylation is 1. The average molecular weight is 357 g/mol. The minimum Gasteiger partial charge on any atom is -0.345 e. The topological polar surface area (TPSA) is 29.1 Å². The largest absolute Gasteiger partial charge is 0.345 e. The minimum atomic E-state index is -0.178. The number of carbonyl (C=O) groups is 1. The molecule has 2 heteroatoms. The van der Waals surface area contributed by atoms with Crippen molar-refractivity contribution in [1.82, 2.24) is 5.32 Å². The van der Waals surface area contributed by atoms with Gasteiger partial charge in [-0.15, -0.1) is 0 Å². The Bertz CT molecular complexity index is 854. The summed E-state index contributed by atoms with van der Waals surface area (Å²) in [5.41, 5.74) is 4.45. The van der Waals surface area contributed by atoms with E-state index < -0.39 is 0 Å². The molecule has 0 fully saturated rings. The number of amides is 1. The van der Waals surface area contributed by atoms with E-state index >= 15 is 0 Å². The van der Waals surface area contributed by atoms with Crippen LogP contribution in [0.2, 0.25) is 0 Å². The van der Waals surface area contributed by atoms with Crippen molar-refractivity contribution in [3.05, 3.63) is 107 Å². The fourth-order valence-electron chi connectivity index (χ4n) is 3.49. The maximum atomic E-state index is 13.3. The first-order chi connectivity index (χ1) is 13.1. The Kier molecular flexibility index (Phi) is 6.08. The Morgan fingerprint density at radius 1 is 0.704 bits per heavy atom. The highest BCUT2D eigenvalue weighted by Crippen LogP contribution is 2.28. The van der Waals surface area contributed by atoms with Gasteiger partial charge in [-0.25, -0.2) is 0 Å². The van der Waals surface area contributed by atoms with E-state index in [0.29, 0.717) is 0 Å². The van der Waals surface area contributed by atoms with Gasteiger partial charge < -0.3 is 5.32 Å². The van der Waals surface area contributed by atoms with E-state index in [9.17, 15) is 4.79 Å². The zero-order valence-electron chi connectivity index (χ0n) is 16.2. The molecule has 0 saturated carbocycles. The van der Waals surface area contributed by atoms with Crippen molar-refractivity contribution in [2.24, 2.45) is 5.92 Å². The van der Waals surface area contributed by atoms with E-state index in [1.54, 1.807) is 0 Å². The van der Waals surface area contributed by atoms with Gasteiger partial charge in [0.05, 0.1) is 12.0 Å². The molecule has 1 amide bonds. The third kappa shape index (κ3) is 4.65. The lowest BCUT2D eigenvalue weighted by atomic mass is 9.87. The zero-order valence-corrected chi connectivity index (χ0v) is 16.2. The molecule has 2 atom stereocenters.